The molecule has 66 valence electrons. The molecular weight excluding hydrogens is 239 g/mol. The Bertz CT molecular complexity index is 416. The average molecular weight is 256 g/mol. The molecule has 1 aromatic rings. The first-order chi connectivity index (χ1) is 8.01. The topological polar surface area (TPSA) is 9.23 Å². The number of rotatable bonds is 2. The van der Waals surface area contributed by atoms with Gasteiger partial charge in [0.15, 0.2) is 0 Å². The van der Waals surface area contributed by atoms with E-state index in [0.29, 0.717) is 9.50 Å². The number of halogens is 2. The number of hydrogen-bond donors (Lipinski definition) is 0. The molecule has 3 heteroatoms. The van der Waals surface area contributed by atoms with E-state index in [0.717, 1.165) is 0 Å². The van der Waals surface area contributed by atoms with Gasteiger partial charge in [-0.25, -0.2) is 0 Å². The minimum absolute atomic E-state index is 0.0976. The van der Waals surface area contributed by atoms with Crippen molar-refractivity contribution in [1.29, 1.82) is 0 Å². The maximum atomic E-state index is 7.20. The maximum absolute atomic E-state index is 7.20. The molecule has 0 aromatic heterocycles. The lowest BCUT2D eigenvalue weighted by molar-refractivity contribution is 0.242. The van der Waals surface area contributed by atoms with Gasteiger partial charge in [0.05, 0.1) is 11.1 Å². The van der Waals surface area contributed by atoms with Gasteiger partial charge in [-0.2, -0.15) is 0 Å². The summed E-state index contributed by atoms with van der Waals surface area (Å²) in [6.07, 6.45) is -1.89. The summed E-state index contributed by atoms with van der Waals surface area (Å²) in [5, 5.41) is 0.308. The summed E-state index contributed by atoms with van der Waals surface area (Å²) >= 11 is 8.98. The summed E-state index contributed by atoms with van der Waals surface area (Å²) in [5.74, 6) is 0.0976. The fourth-order valence-corrected chi connectivity index (χ4v) is 1.10. The smallest absolute Gasteiger partial charge is 0.121 e. The van der Waals surface area contributed by atoms with Gasteiger partial charge in [0.25, 0.3) is 0 Å². The Morgan fingerprint density at radius 2 is 2.33 bits per heavy atom. The highest BCUT2D eigenvalue weighted by Crippen LogP contribution is 2.27. The summed E-state index contributed by atoms with van der Waals surface area (Å²) in [6.45, 7) is -5.49. The molecule has 0 aliphatic heterocycles. The lowest BCUT2D eigenvalue weighted by atomic mass is 10.3. The van der Waals surface area contributed by atoms with Crippen molar-refractivity contribution < 1.29 is 13.0 Å². The molecule has 0 spiro atoms. The largest absolute Gasteiger partial charge is 0.491 e. The monoisotopic (exact) mass is 254 g/mol. The van der Waals surface area contributed by atoms with Crippen molar-refractivity contribution in [3.8, 4) is 5.75 Å². The van der Waals surface area contributed by atoms with Crippen LogP contribution in [0.4, 0.5) is 0 Å². The predicted molar refractivity (Wildman–Crippen MR) is 54.9 cm³/mol. The van der Waals surface area contributed by atoms with Crippen LogP contribution in [-0.4, -0.2) is 6.10 Å². The van der Waals surface area contributed by atoms with E-state index in [1.165, 1.54) is 12.1 Å². The summed E-state index contributed by atoms with van der Waals surface area (Å²) in [4.78, 5) is 0. The highest BCUT2D eigenvalue weighted by atomic mass is 79.9. The number of ether oxygens (including phenoxy) is 1. The van der Waals surface area contributed by atoms with Crippen LogP contribution in [-0.2, 0) is 0 Å². The molecule has 0 aliphatic rings. The van der Waals surface area contributed by atoms with Crippen LogP contribution in [0, 0.1) is 0 Å². The number of benzene rings is 1. The highest BCUT2D eigenvalue weighted by molar-refractivity contribution is 9.10. The first-order valence-electron chi connectivity index (χ1n) is 6.13. The van der Waals surface area contributed by atoms with Crippen molar-refractivity contribution in [2.24, 2.45) is 0 Å². The van der Waals surface area contributed by atoms with Crippen molar-refractivity contribution in [3.05, 3.63) is 27.7 Å². The van der Waals surface area contributed by atoms with Crippen molar-refractivity contribution in [2.75, 3.05) is 0 Å². The third kappa shape index (κ3) is 2.68. The Balaban J connectivity index is 3.01. The fraction of sp³-hybridized carbons (Fsp3) is 0.333. The van der Waals surface area contributed by atoms with Crippen LogP contribution in [0.5, 0.6) is 5.75 Å². The van der Waals surface area contributed by atoms with Crippen LogP contribution in [0.2, 0.25) is 5.02 Å². The fourth-order valence-electron chi connectivity index (χ4n) is 0.686. The lowest BCUT2D eigenvalue weighted by Crippen LogP contribution is -2.05. The van der Waals surface area contributed by atoms with Gasteiger partial charge >= 0.3 is 0 Å². The molecule has 0 atom stereocenters. The third-order valence-electron chi connectivity index (χ3n) is 1.14. The molecule has 0 aliphatic carbocycles. The van der Waals surface area contributed by atoms with Gasteiger partial charge in [-0.3, -0.25) is 0 Å². The zero-order valence-corrected chi connectivity index (χ0v) is 8.32. The second-order valence-electron chi connectivity index (χ2n) is 2.07. The van der Waals surface area contributed by atoms with Gasteiger partial charge in [0.1, 0.15) is 5.75 Å². The highest BCUT2D eigenvalue weighted by Gasteiger charge is 2.00. The normalized spacial score (nSPS) is 19.9. The van der Waals surface area contributed by atoms with Crippen molar-refractivity contribution >= 4 is 27.5 Å². The molecule has 1 nitrogen and oxygen atoms in total. The first kappa shape index (κ1) is 4.34. The van der Waals surface area contributed by atoms with Crippen LogP contribution in [0.15, 0.2) is 22.7 Å². The molecule has 1 rings (SSSR count). The quantitative estimate of drug-likeness (QED) is 0.779. The molecule has 0 saturated carbocycles. The molecule has 0 N–H and O–H groups in total. The zero-order valence-electron chi connectivity index (χ0n) is 12.0. The molecule has 0 amide bonds. The standard InChI is InChI=1S/C9H10BrClO/c1-6(2)12-7-3-4-8(10)9(11)5-7/h3-6H,1-2H3/i1D3,2D3. The Labute approximate surface area is 94.2 Å². The van der Waals surface area contributed by atoms with Crippen LogP contribution in [0.1, 0.15) is 21.9 Å². The molecule has 0 radical (unpaired) electrons. The van der Waals surface area contributed by atoms with Gasteiger partial charge in [0, 0.05) is 12.7 Å². The summed E-state index contributed by atoms with van der Waals surface area (Å²) < 4.78 is 48.8. The van der Waals surface area contributed by atoms with E-state index < -0.39 is 19.8 Å². The lowest BCUT2D eigenvalue weighted by Gasteiger charge is -2.09. The molecule has 12 heavy (non-hydrogen) atoms. The molecule has 1 aromatic carbocycles. The molecule has 0 unspecified atom stereocenters. The van der Waals surface area contributed by atoms with E-state index in [1.807, 2.05) is 0 Å². The van der Waals surface area contributed by atoms with Gasteiger partial charge in [-0.1, -0.05) is 11.6 Å². The van der Waals surface area contributed by atoms with Gasteiger partial charge in [0.2, 0.25) is 0 Å². The molecule has 0 heterocycles. The number of hydrogen-bond acceptors (Lipinski definition) is 1. The van der Waals surface area contributed by atoms with Crippen LogP contribution >= 0.6 is 27.5 Å². The predicted octanol–water partition coefficient (Wildman–Crippen LogP) is 3.89. The SMILES string of the molecule is [2H]C([2H])([2H])C(Oc1ccc(Br)c(Cl)c1)C([2H])([2H])[2H]. The third-order valence-corrected chi connectivity index (χ3v) is 2.38. The second kappa shape index (κ2) is 4.15. The molecule has 0 saturated heterocycles. The van der Waals surface area contributed by atoms with Crippen LogP contribution in [0.25, 0.3) is 0 Å². The van der Waals surface area contributed by atoms with Crippen LogP contribution < -0.4 is 4.74 Å². The van der Waals surface area contributed by atoms with E-state index in [9.17, 15) is 0 Å². The summed E-state index contributed by atoms with van der Waals surface area (Å²) in [6, 6.07) is 4.35. The van der Waals surface area contributed by atoms with Crippen LogP contribution in [0.3, 0.4) is 0 Å². The van der Waals surface area contributed by atoms with E-state index >= 15 is 0 Å². The van der Waals surface area contributed by atoms with Gasteiger partial charge in [-0.05, 0) is 47.8 Å². The van der Waals surface area contributed by atoms with Gasteiger partial charge in [-0.15, -0.1) is 0 Å². The van der Waals surface area contributed by atoms with Gasteiger partial charge < -0.3 is 4.74 Å². The van der Waals surface area contributed by atoms with Crippen molar-refractivity contribution in [3.63, 3.8) is 0 Å². The minimum Gasteiger partial charge on any atom is -0.491 e. The van der Waals surface area contributed by atoms with E-state index in [4.69, 9.17) is 24.6 Å². The van der Waals surface area contributed by atoms with E-state index in [-0.39, 0.29) is 5.75 Å². The summed E-state index contributed by atoms with van der Waals surface area (Å²) in [5.41, 5.74) is 0. The summed E-state index contributed by atoms with van der Waals surface area (Å²) in [7, 11) is 0. The average Bonchev–Trinajstić information content (AvgIpc) is 2.16. The van der Waals surface area contributed by atoms with E-state index in [2.05, 4.69) is 15.9 Å². The zero-order chi connectivity index (χ0) is 14.1. The molecule has 0 bridgehead atoms. The second-order valence-corrected chi connectivity index (χ2v) is 3.34. The first-order valence-corrected chi connectivity index (χ1v) is 4.30. The minimum atomic E-state index is -2.75. The van der Waals surface area contributed by atoms with Crippen molar-refractivity contribution in [2.45, 2.75) is 19.8 Å². The molecule has 0 fully saturated rings. The van der Waals surface area contributed by atoms with Crippen molar-refractivity contribution in [1.82, 2.24) is 0 Å². The Morgan fingerprint density at radius 1 is 1.58 bits per heavy atom. The Hall–Kier alpha value is -0.210. The Kier molecular flexibility index (Phi) is 1.50. The maximum Gasteiger partial charge on any atom is 0.121 e. The Morgan fingerprint density at radius 3 is 2.92 bits per heavy atom. The van der Waals surface area contributed by atoms with E-state index in [1.54, 1.807) is 6.07 Å². The molecular formula is C9H10BrClO.